The van der Waals surface area contributed by atoms with Crippen LogP contribution in [0, 0.1) is 6.92 Å². The van der Waals surface area contributed by atoms with Crippen LogP contribution < -0.4 is 5.73 Å². The summed E-state index contributed by atoms with van der Waals surface area (Å²) in [6.45, 7) is 1.10. The molecule has 11 heteroatoms. The van der Waals surface area contributed by atoms with Crippen molar-refractivity contribution in [3.63, 3.8) is 0 Å². The number of nitrogens with zero attached hydrogens (tertiary/aromatic N) is 3. The van der Waals surface area contributed by atoms with Crippen molar-refractivity contribution >= 4 is 28.6 Å². The quantitative estimate of drug-likeness (QED) is 0.336. The maximum atomic E-state index is 10.4. The van der Waals surface area contributed by atoms with E-state index in [4.69, 9.17) is 22.1 Å². The topological polar surface area (TPSA) is 167 Å². The number of aliphatic hydroxyl groups excluding tert-OH is 5. The van der Waals surface area contributed by atoms with Gasteiger partial charge in [0.1, 0.15) is 41.3 Å². The van der Waals surface area contributed by atoms with E-state index >= 15 is 0 Å². The highest BCUT2D eigenvalue weighted by Crippen LogP contribution is 2.33. The molecule has 1 aliphatic rings. The van der Waals surface area contributed by atoms with Crippen LogP contribution in [0.5, 0.6) is 0 Å². The molecular weight excluding hydrogens is 356 g/mol. The Bertz CT molecular complexity index is 784. The van der Waals surface area contributed by atoms with Gasteiger partial charge in [0, 0.05) is 6.20 Å². The number of nitrogen functional groups attached to an aromatic ring is 1. The summed E-state index contributed by atoms with van der Waals surface area (Å²) in [6, 6.07) is 0. The molecule has 0 bridgehead atoms. The van der Waals surface area contributed by atoms with Crippen LogP contribution in [-0.4, -0.2) is 77.2 Å². The van der Waals surface area contributed by atoms with Crippen LogP contribution in [0.2, 0.25) is 5.15 Å². The van der Waals surface area contributed by atoms with Gasteiger partial charge >= 0.3 is 0 Å². The molecule has 0 aliphatic carbocycles. The molecule has 1 fully saturated rings. The molecule has 0 spiro atoms. The fourth-order valence-electron chi connectivity index (χ4n) is 3.01. The number of fused-ring (bicyclic) bond motifs is 1. The number of anilines is 1. The van der Waals surface area contributed by atoms with Crippen molar-refractivity contribution in [2.75, 3.05) is 12.3 Å². The summed E-state index contributed by atoms with van der Waals surface area (Å²) < 4.78 is 6.93. The Balaban J connectivity index is 2.15. The summed E-state index contributed by atoms with van der Waals surface area (Å²) in [5.41, 5.74) is 6.54. The third-order valence-corrected chi connectivity index (χ3v) is 4.60. The van der Waals surface area contributed by atoms with E-state index in [1.807, 2.05) is 0 Å². The van der Waals surface area contributed by atoms with Crippen LogP contribution in [0.4, 0.5) is 5.95 Å². The van der Waals surface area contributed by atoms with Crippen molar-refractivity contribution in [2.45, 2.75) is 43.7 Å². The molecule has 1 aliphatic heterocycles. The number of hydrogen-bond acceptors (Lipinski definition) is 9. The summed E-state index contributed by atoms with van der Waals surface area (Å²) in [6.07, 6.45) is -7.58. The Morgan fingerprint density at radius 1 is 1.16 bits per heavy atom. The number of aliphatic hydroxyl groups is 5. The Morgan fingerprint density at radius 3 is 2.44 bits per heavy atom. The number of rotatable bonds is 2. The fourth-order valence-corrected chi connectivity index (χ4v) is 3.33. The first kappa shape index (κ1) is 18.3. The predicted octanol–water partition coefficient (Wildman–Crippen LogP) is -1.69. The zero-order chi connectivity index (χ0) is 18.5. The van der Waals surface area contributed by atoms with Crippen LogP contribution in [0.3, 0.4) is 0 Å². The zero-order valence-electron chi connectivity index (χ0n) is 13.2. The van der Waals surface area contributed by atoms with E-state index < -0.39 is 43.4 Å². The van der Waals surface area contributed by atoms with Crippen LogP contribution >= 0.6 is 11.6 Å². The van der Waals surface area contributed by atoms with E-state index in [-0.39, 0.29) is 16.7 Å². The SMILES string of the molecule is Cc1cn([C@@H]2O[C@H](CO)[C@@H](O)[C@H](O)[C@@H](O)[C@H]2O)c2nc(N)nc(Cl)c12. The van der Waals surface area contributed by atoms with Gasteiger partial charge in [-0.05, 0) is 12.5 Å². The third-order valence-electron chi connectivity index (χ3n) is 4.33. The lowest BCUT2D eigenvalue weighted by atomic mass is 10.0. The molecule has 0 amide bonds. The van der Waals surface area contributed by atoms with E-state index in [1.165, 1.54) is 4.57 Å². The minimum absolute atomic E-state index is 0.0979. The second-order valence-corrected chi connectivity index (χ2v) is 6.36. The molecule has 3 heterocycles. The zero-order valence-corrected chi connectivity index (χ0v) is 13.9. The molecule has 1 saturated heterocycles. The monoisotopic (exact) mass is 374 g/mol. The van der Waals surface area contributed by atoms with Crippen LogP contribution in [0.15, 0.2) is 6.20 Å². The maximum Gasteiger partial charge on any atom is 0.223 e. The van der Waals surface area contributed by atoms with Crippen LogP contribution in [0.1, 0.15) is 11.8 Å². The highest BCUT2D eigenvalue weighted by atomic mass is 35.5. The highest BCUT2D eigenvalue weighted by Gasteiger charge is 2.45. The molecule has 3 rings (SSSR count). The first-order valence-corrected chi connectivity index (χ1v) is 7.92. The first-order valence-electron chi connectivity index (χ1n) is 7.55. The van der Waals surface area contributed by atoms with Gasteiger partial charge in [0.25, 0.3) is 0 Å². The van der Waals surface area contributed by atoms with Gasteiger partial charge in [0.15, 0.2) is 6.23 Å². The van der Waals surface area contributed by atoms with E-state index in [0.29, 0.717) is 10.9 Å². The van der Waals surface area contributed by atoms with Crippen LogP contribution in [-0.2, 0) is 4.74 Å². The summed E-state index contributed by atoms with van der Waals surface area (Å²) in [4.78, 5) is 7.97. The molecule has 0 radical (unpaired) electrons. The fraction of sp³-hybridized carbons (Fsp3) is 0.571. The normalized spacial score (nSPS) is 33.6. The summed E-state index contributed by atoms with van der Waals surface area (Å²) in [5.74, 6) is -0.0979. The number of hydrogen-bond donors (Lipinski definition) is 6. The Labute approximate surface area is 147 Å². The van der Waals surface area contributed by atoms with Crippen molar-refractivity contribution < 1.29 is 30.3 Å². The molecular formula is C14H19ClN4O6. The first-order chi connectivity index (χ1) is 11.8. The van der Waals surface area contributed by atoms with Gasteiger partial charge in [-0.1, -0.05) is 11.6 Å². The summed E-state index contributed by atoms with van der Waals surface area (Å²) in [5, 5.41) is 50.5. The molecule has 10 nitrogen and oxygen atoms in total. The van der Waals surface area contributed by atoms with E-state index in [2.05, 4.69) is 9.97 Å². The van der Waals surface area contributed by atoms with Gasteiger partial charge in [-0.2, -0.15) is 4.98 Å². The lowest BCUT2D eigenvalue weighted by molar-refractivity contribution is -0.149. The summed E-state index contributed by atoms with van der Waals surface area (Å²) >= 11 is 6.10. The van der Waals surface area contributed by atoms with Gasteiger partial charge in [-0.3, -0.25) is 0 Å². The lowest BCUT2D eigenvalue weighted by Gasteiger charge is -2.27. The average Bonchev–Trinajstić information content (AvgIpc) is 2.86. The average molecular weight is 375 g/mol. The molecule has 0 aromatic carbocycles. The molecule has 2 aromatic heterocycles. The largest absolute Gasteiger partial charge is 0.394 e. The van der Waals surface area contributed by atoms with Crippen molar-refractivity contribution in [3.05, 3.63) is 16.9 Å². The Hall–Kier alpha value is -1.53. The van der Waals surface area contributed by atoms with Crippen molar-refractivity contribution in [1.29, 1.82) is 0 Å². The molecule has 138 valence electrons. The number of halogens is 1. The standard InChI is InChI=1S/C14H19ClN4O6/c1-4-2-19(12-6(4)11(15)17-14(16)18-12)13-10(24)9(23)8(22)7(21)5(3-20)25-13/h2,5,7-10,13,20-24H,3H2,1H3,(H2,16,17,18)/t5-,7-,8+,9-,10-,13-/m1/s1. The van der Waals surface area contributed by atoms with Gasteiger partial charge in [0.2, 0.25) is 5.95 Å². The second-order valence-electron chi connectivity index (χ2n) is 6.00. The second kappa shape index (κ2) is 6.65. The maximum absolute atomic E-state index is 10.4. The molecule has 2 aromatic rings. The Morgan fingerprint density at radius 2 is 1.80 bits per heavy atom. The predicted molar refractivity (Wildman–Crippen MR) is 86.7 cm³/mol. The van der Waals surface area contributed by atoms with E-state index in [1.54, 1.807) is 13.1 Å². The van der Waals surface area contributed by atoms with Crippen molar-refractivity contribution in [2.24, 2.45) is 0 Å². The molecule has 7 N–H and O–H groups in total. The number of aryl methyl sites for hydroxylation is 1. The van der Waals surface area contributed by atoms with E-state index in [0.717, 1.165) is 0 Å². The Kier molecular flexibility index (Phi) is 4.86. The third kappa shape index (κ3) is 2.95. The molecule has 0 unspecified atom stereocenters. The number of ether oxygens (including phenoxy) is 1. The van der Waals surface area contributed by atoms with Crippen LogP contribution in [0.25, 0.3) is 11.0 Å². The summed E-state index contributed by atoms with van der Waals surface area (Å²) in [7, 11) is 0. The van der Waals surface area contributed by atoms with Crippen molar-refractivity contribution in [3.8, 4) is 0 Å². The smallest absolute Gasteiger partial charge is 0.223 e. The van der Waals surface area contributed by atoms with Gasteiger partial charge in [0.05, 0.1) is 12.0 Å². The minimum atomic E-state index is -1.72. The molecule has 6 atom stereocenters. The van der Waals surface area contributed by atoms with E-state index in [9.17, 15) is 25.5 Å². The van der Waals surface area contributed by atoms with Gasteiger partial charge < -0.3 is 40.6 Å². The van der Waals surface area contributed by atoms with Gasteiger partial charge in [-0.25, -0.2) is 4.98 Å². The van der Waals surface area contributed by atoms with Crippen molar-refractivity contribution in [1.82, 2.24) is 14.5 Å². The lowest BCUT2D eigenvalue weighted by Crippen LogP contribution is -2.47. The number of aromatic nitrogens is 3. The minimum Gasteiger partial charge on any atom is -0.394 e. The molecule has 0 saturated carbocycles. The van der Waals surface area contributed by atoms with Gasteiger partial charge in [-0.15, -0.1) is 0 Å². The highest BCUT2D eigenvalue weighted by molar-refractivity contribution is 6.34. The number of nitrogens with two attached hydrogens (primary N) is 1. The molecule has 25 heavy (non-hydrogen) atoms.